The molecule has 0 aromatic heterocycles. The summed E-state index contributed by atoms with van der Waals surface area (Å²) in [6.07, 6.45) is 0.332. The van der Waals surface area contributed by atoms with E-state index < -0.39 is 28.5 Å². The van der Waals surface area contributed by atoms with Crippen LogP contribution in [0.2, 0.25) is 5.02 Å². The van der Waals surface area contributed by atoms with Crippen LogP contribution in [0.3, 0.4) is 0 Å². The van der Waals surface area contributed by atoms with E-state index in [4.69, 9.17) is 16.3 Å². The third-order valence-corrected chi connectivity index (χ3v) is 8.25. The van der Waals surface area contributed by atoms with Gasteiger partial charge in [-0.1, -0.05) is 60.5 Å². The number of rotatable bonds is 11. The second-order valence-corrected chi connectivity index (χ2v) is 11.0. The number of nitrogens with one attached hydrogen (secondary N) is 1. The average Bonchev–Trinajstić information content (AvgIpc) is 2.92. The van der Waals surface area contributed by atoms with Crippen molar-refractivity contribution in [2.24, 2.45) is 0 Å². The van der Waals surface area contributed by atoms with Gasteiger partial charge in [-0.05, 0) is 55.3 Å². The van der Waals surface area contributed by atoms with E-state index in [1.54, 1.807) is 74.7 Å². The Morgan fingerprint density at radius 2 is 1.63 bits per heavy atom. The van der Waals surface area contributed by atoms with E-state index in [9.17, 15) is 18.0 Å². The standard InChI is InChI=1S/C28H32ClN3O5S/c1-5-25(28(34)30-3)31(18-21-12-14-22(37-4)15-13-21)27(33)19-32(26-9-7-6-8-24(26)29)38(35,36)23-16-10-20(2)11-17-23/h6-17,25H,5,18-19H2,1-4H3,(H,30,34)/t25-/m1/s1. The highest BCUT2D eigenvalue weighted by Crippen LogP contribution is 2.31. The first-order valence-corrected chi connectivity index (χ1v) is 13.9. The molecule has 202 valence electrons. The minimum absolute atomic E-state index is 0.0240. The number of sulfonamides is 1. The Bertz CT molecular complexity index is 1360. The van der Waals surface area contributed by atoms with Gasteiger partial charge in [-0.25, -0.2) is 8.42 Å². The first-order chi connectivity index (χ1) is 18.1. The van der Waals surface area contributed by atoms with Gasteiger partial charge >= 0.3 is 0 Å². The van der Waals surface area contributed by atoms with Crippen LogP contribution >= 0.6 is 11.6 Å². The maximum Gasteiger partial charge on any atom is 0.264 e. The fraction of sp³-hybridized carbons (Fsp3) is 0.286. The molecule has 0 heterocycles. The zero-order chi connectivity index (χ0) is 27.9. The zero-order valence-electron chi connectivity index (χ0n) is 21.8. The van der Waals surface area contributed by atoms with Crippen molar-refractivity contribution in [2.75, 3.05) is 25.0 Å². The molecule has 0 unspecified atom stereocenters. The number of hydrogen-bond donors (Lipinski definition) is 1. The zero-order valence-corrected chi connectivity index (χ0v) is 23.4. The molecule has 0 fully saturated rings. The molecule has 38 heavy (non-hydrogen) atoms. The first-order valence-electron chi connectivity index (χ1n) is 12.1. The van der Waals surface area contributed by atoms with Crippen LogP contribution in [0.1, 0.15) is 24.5 Å². The summed E-state index contributed by atoms with van der Waals surface area (Å²) in [7, 11) is -1.12. The molecule has 0 bridgehead atoms. The molecule has 0 aliphatic heterocycles. The summed E-state index contributed by atoms with van der Waals surface area (Å²) in [5.41, 5.74) is 1.82. The smallest absolute Gasteiger partial charge is 0.264 e. The molecule has 0 aliphatic carbocycles. The Labute approximate surface area is 229 Å². The quantitative estimate of drug-likeness (QED) is 0.377. The van der Waals surface area contributed by atoms with Gasteiger partial charge in [-0.3, -0.25) is 13.9 Å². The van der Waals surface area contributed by atoms with Crippen molar-refractivity contribution in [3.8, 4) is 5.75 Å². The van der Waals surface area contributed by atoms with Gasteiger partial charge < -0.3 is 15.0 Å². The minimum Gasteiger partial charge on any atom is -0.497 e. The lowest BCUT2D eigenvalue weighted by atomic mass is 10.1. The molecule has 1 atom stereocenters. The number of para-hydroxylation sites is 1. The van der Waals surface area contributed by atoms with Crippen molar-refractivity contribution < 1.29 is 22.7 Å². The predicted octanol–water partition coefficient (Wildman–Crippen LogP) is 4.41. The summed E-state index contributed by atoms with van der Waals surface area (Å²) >= 11 is 6.41. The van der Waals surface area contributed by atoms with E-state index in [0.717, 1.165) is 15.4 Å². The van der Waals surface area contributed by atoms with Crippen molar-refractivity contribution in [3.05, 3.63) is 88.9 Å². The number of carbonyl (C=O) groups excluding carboxylic acids is 2. The molecule has 8 nitrogen and oxygen atoms in total. The van der Waals surface area contributed by atoms with E-state index in [-0.39, 0.29) is 28.1 Å². The lowest BCUT2D eigenvalue weighted by Gasteiger charge is -2.33. The number of anilines is 1. The molecule has 1 N–H and O–H groups in total. The number of ether oxygens (including phenoxy) is 1. The van der Waals surface area contributed by atoms with E-state index in [2.05, 4.69) is 5.32 Å². The average molecular weight is 558 g/mol. The number of halogens is 1. The number of hydrogen-bond acceptors (Lipinski definition) is 5. The summed E-state index contributed by atoms with van der Waals surface area (Å²) in [6.45, 7) is 3.19. The molecule has 0 spiro atoms. The van der Waals surface area contributed by atoms with Crippen molar-refractivity contribution in [1.82, 2.24) is 10.2 Å². The van der Waals surface area contributed by atoms with Crippen LogP contribution in [0.4, 0.5) is 5.69 Å². The predicted molar refractivity (Wildman–Crippen MR) is 149 cm³/mol. The van der Waals surface area contributed by atoms with E-state index in [1.165, 1.54) is 24.1 Å². The Balaban J connectivity index is 2.06. The number of likely N-dealkylation sites (N-methyl/N-ethyl adjacent to an activating group) is 1. The van der Waals surface area contributed by atoms with Crippen molar-refractivity contribution in [2.45, 2.75) is 37.8 Å². The third kappa shape index (κ3) is 6.65. The molecule has 2 amide bonds. The molecule has 0 radical (unpaired) electrons. The Morgan fingerprint density at radius 1 is 1.00 bits per heavy atom. The van der Waals surface area contributed by atoms with Crippen LogP contribution in [-0.4, -0.2) is 51.9 Å². The highest BCUT2D eigenvalue weighted by molar-refractivity contribution is 7.92. The minimum atomic E-state index is -4.18. The SMILES string of the molecule is CC[C@H](C(=O)NC)N(Cc1ccc(OC)cc1)C(=O)CN(c1ccccc1Cl)S(=O)(=O)c1ccc(C)cc1. The van der Waals surface area contributed by atoms with Gasteiger partial charge in [-0.15, -0.1) is 0 Å². The van der Waals surface area contributed by atoms with Crippen LogP contribution in [0, 0.1) is 6.92 Å². The Hall–Kier alpha value is -3.56. The van der Waals surface area contributed by atoms with E-state index in [0.29, 0.717) is 12.2 Å². The third-order valence-electron chi connectivity index (χ3n) is 6.15. The molecule has 0 saturated carbocycles. The molecule has 3 rings (SSSR count). The van der Waals surface area contributed by atoms with Crippen LogP contribution in [-0.2, 0) is 26.2 Å². The summed E-state index contributed by atoms with van der Waals surface area (Å²) in [5, 5.41) is 2.78. The normalized spacial score (nSPS) is 11.9. The lowest BCUT2D eigenvalue weighted by Crippen LogP contribution is -2.51. The molecule has 3 aromatic rings. The Kier molecular flexibility index (Phi) is 9.77. The molecule has 0 aliphatic rings. The highest BCUT2D eigenvalue weighted by atomic mass is 35.5. The second-order valence-electron chi connectivity index (χ2n) is 8.68. The number of nitrogens with zero attached hydrogens (tertiary/aromatic N) is 2. The van der Waals surface area contributed by atoms with Gasteiger partial charge in [0.1, 0.15) is 18.3 Å². The summed E-state index contributed by atoms with van der Waals surface area (Å²) in [6, 6.07) is 19.1. The van der Waals surface area contributed by atoms with Gasteiger partial charge in [0.25, 0.3) is 10.0 Å². The van der Waals surface area contributed by atoms with E-state index >= 15 is 0 Å². The number of benzene rings is 3. The largest absolute Gasteiger partial charge is 0.497 e. The second kappa shape index (κ2) is 12.8. The molecular formula is C28H32ClN3O5S. The number of methoxy groups -OCH3 is 1. The lowest BCUT2D eigenvalue weighted by molar-refractivity contribution is -0.140. The van der Waals surface area contributed by atoms with Crippen molar-refractivity contribution >= 4 is 39.1 Å². The van der Waals surface area contributed by atoms with Gasteiger partial charge in [0.2, 0.25) is 11.8 Å². The fourth-order valence-corrected chi connectivity index (χ4v) is 5.74. The fourth-order valence-electron chi connectivity index (χ4n) is 4.02. The monoisotopic (exact) mass is 557 g/mol. The van der Waals surface area contributed by atoms with Crippen molar-refractivity contribution in [1.29, 1.82) is 0 Å². The molecule has 0 saturated heterocycles. The van der Waals surface area contributed by atoms with Crippen LogP contribution in [0.25, 0.3) is 0 Å². The number of amides is 2. The molecule has 10 heteroatoms. The molecular weight excluding hydrogens is 526 g/mol. The van der Waals surface area contributed by atoms with Gasteiger partial charge in [-0.2, -0.15) is 0 Å². The first kappa shape index (κ1) is 29.0. The van der Waals surface area contributed by atoms with Gasteiger partial charge in [0.15, 0.2) is 0 Å². The van der Waals surface area contributed by atoms with Gasteiger partial charge in [0, 0.05) is 13.6 Å². The summed E-state index contributed by atoms with van der Waals surface area (Å²) in [5.74, 6) is -0.244. The topological polar surface area (TPSA) is 96.0 Å². The van der Waals surface area contributed by atoms with Crippen LogP contribution in [0.15, 0.2) is 77.7 Å². The number of carbonyl (C=O) groups is 2. The van der Waals surface area contributed by atoms with Crippen molar-refractivity contribution in [3.63, 3.8) is 0 Å². The summed E-state index contributed by atoms with van der Waals surface area (Å²) in [4.78, 5) is 28.1. The van der Waals surface area contributed by atoms with Crippen LogP contribution < -0.4 is 14.4 Å². The van der Waals surface area contributed by atoms with Gasteiger partial charge in [0.05, 0.1) is 22.7 Å². The van der Waals surface area contributed by atoms with E-state index in [1.807, 2.05) is 6.92 Å². The number of aryl methyl sites for hydroxylation is 1. The Morgan fingerprint density at radius 3 is 2.18 bits per heavy atom. The van der Waals surface area contributed by atoms with Crippen LogP contribution in [0.5, 0.6) is 5.75 Å². The molecule has 3 aromatic carbocycles. The highest BCUT2D eigenvalue weighted by Gasteiger charge is 2.34. The maximum atomic E-state index is 13.9. The summed E-state index contributed by atoms with van der Waals surface area (Å²) < 4.78 is 33.8. The maximum absolute atomic E-state index is 13.9.